The maximum Gasteiger partial charge on any atom is 0.123 e. The third kappa shape index (κ3) is 1.83. The predicted octanol–water partition coefficient (Wildman–Crippen LogP) is 1.55. The van der Waals surface area contributed by atoms with Gasteiger partial charge in [-0.25, -0.2) is 0 Å². The molecular formula is C11H15NO. The van der Waals surface area contributed by atoms with Crippen molar-refractivity contribution in [2.24, 2.45) is 0 Å². The maximum absolute atomic E-state index is 5.78. The zero-order valence-corrected chi connectivity index (χ0v) is 8.16. The molecule has 0 spiro atoms. The highest BCUT2D eigenvalue weighted by Crippen LogP contribution is 2.27. The van der Waals surface area contributed by atoms with Crippen LogP contribution in [-0.4, -0.2) is 31.6 Å². The van der Waals surface area contributed by atoms with Crippen molar-refractivity contribution >= 4 is 0 Å². The lowest BCUT2D eigenvalue weighted by Crippen LogP contribution is -2.29. The molecule has 1 aliphatic heterocycles. The van der Waals surface area contributed by atoms with Gasteiger partial charge in [-0.15, -0.1) is 0 Å². The summed E-state index contributed by atoms with van der Waals surface area (Å²) in [6.45, 7) is 0.995. The summed E-state index contributed by atoms with van der Waals surface area (Å²) in [6, 6.07) is 8.28. The zero-order valence-electron chi connectivity index (χ0n) is 8.16. The van der Waals surface area contributed by atoms with E-state index in [4.69, 9.17) is 4.74 Å². The number of likely N-dealkylation sites (N-methyl/N-ethyl adjacent to an activating group) is 1. The Hall–Kier alpha value is -1.02. The quantitative estimate of drug-likeness (QED) is 0.679. The summed E-state index contributed by atoms with van der Waals surface area (Å²) in [6.07, 6.45) is 1.39. The maximum atomic E-state index is 5.78. The van der Waals surface area contributed by atoms with Gasteiger partial charge in [-0.2, -0.15) is 0 Å². The number of fused-ring (bicyclic) bond motifs is 1. The first-order valence-electron chi connectivity index (χ1n) is 4.65. The molecule has 2 rings (SSSR count). The largest absolute Gasteiger partial charge is 0.488 e. The second kappa shape index (κ2) is 3.38. The van der Waals surface area contributed by atoms with E-state index in [1.165, 1.54) is 5.56 Å². The van der Waals surface area contributed by atoms with E-state index in [1.54, 1.807) is 0 Å². The molecule has 1 aromatic carbocycles. The topological polar surface area (TPSA) is 12.5 Å². The molecule has 0 aliphatic carbocycles. The molecule has 0 fully saturated rings. The minimum absolute atomic E-state index is 0.340. The molecule has 1 aromatic rings. The Labute approximate surface area is 79.1 Å². The highest BCUT2D eigenvalue weighted by molar-refractivity contribution is 5.37. The van der Waals surface area contributed by atoms with Crippen LogP contribution < -0.4 is 4.74 Å². The van der Waals surface area contributed by atoms with Crippen LogP contribution in [0, 0.1) is 0 Å². The Kier molecular flexibility index (Phi) is 2.23. The van der Waals surface area contributed by atoms with Crippen molar-refractivity contribution in [3.63, 3.8) is 0 Å². The van der Waals surface area contributed by atoms with E-state index in [2.05, 4.69) is 31.1 Å². The van der Waals surface area contributed by atoms with Crippen LogP contribution in [0.2, 0.25) is 0 Å². The zero-order chi connectivity index (χ0) is 9.26. The van der Waals surface area contributed by atoms with Gasteiger partial charge < -0.3 is 9.64 Å². The summed E-state index contributed by atoms with van der Waals surface area (Å²) in [7, 11) is 4.15. The summed E-state index contributed by atoms with van der Waals surface area (Å²) < 4.78 is 5.78. The number of para-hydroxylation sites is 1. The summed E-state index contributed by atoms with van der Waals surface area (Å²) in [4.78, 5) is 2.16. The number of hydrogen-bond acceptors (Lipinski definition) is 2. The first-order chi connectivity index (χ1) is 6.25. The van der Waals surface area contributed by atoms with Crippen molar-refractivity contribution in [3.8, 4) is 5.75 Å². The molecule has 0 bridgehead atoms. The SMILES string of the molecule is CN(C)C[C@@H]1Cc2ccccc2O1. The average Bonchev–Trinajstić information content (AvgIpc) is 2.44. The van der Waals surface area contributed by atoms with E-state index in [9.17, 15) is 0 Å². The van der Waals surface area contributed by atoms with Gasteiger partial charge in [0, 0.05) is 13.0 Å². The van der Waals surface area contributed by atoms with Gasteiger partial charge in [-0.05, 0) is 25.7 Å². The van der Waals surface area contributed by atoms with Crippen molar-refractivity contribution in [2.75, 3.05) is 20.6 Å². The van der Waals surface area contributed by atoms with Gasteiger partial charge in [0.15, 0.2) is 0 Å². The Balaban J connectivity index is 2.05. The van der Waals surface area contributed by atoms with Crippen LogP contribution in [0.3, 0.4) is 0 Å². The number of benzene rings is 1. The van der Waals surface area contributed by atoms with E-state index >= 15 is 0 Å². The fourth-order valence-electron chi connectivity index (χ4n) is 1.76. The van der Waals surface area contributed by atoms with Crippen molar-refractivity contribution < 1.29 is 4.74 Å². The van der Waals surface area contributed by atoms with Gasteiger partial charge in [0.1, 0.15) is 11.9 Å². The van der Waals surface area contributed by atoms with Gasteiger partial charge >= 0.3 is 0 Å². The van der Waals surface area contributed by atoms with E-state index in [1.807, 2.05) is 12.1 Å². The van der Waals surface area contributed by atoms with Crippen LogP contribution in [0.5, 0.6) is 5.75 Å². The fraction of sp³-hybridized carbons (Fsp3) is 0.455. The van der Waals surface area contributed by atoms with E-state index in [0.717, 1.165) is 18.7 Å². The normalized spacial score (nSPS) is 20.1. The third-order valence-electron chi connectivity index (χ3n) is 2.28. The van der Waals surface area contributed by atoms with Gasteiger partial charge in [0.25, 0.3) is 0 Å². The minimum atomic E-state index is 0.340. The molecule has 0 radical (unpaired) electrons. The summed E-state index contributed by atoms with van der Waals surface area (Å²) in [5.74, 6) is 1.06. The second-order valence-corrected chi connectivity index (χ2v) is 3.81. The van der Waals surface area contributed by atoms with E-state index in [0.29, 0.717) is 6.10 Å². The van der Waals surface area contributed by atoms with Gasteiger partial charge in [-0.3, -0.25) is 0 Å². The first kappa shape index (κ1) is 8.57. The molecule has 70 valence electrons. The lowest BCUT2D eigenvalue weighted by Gasteiger charge is -2.15. The van der Waals surface area contributed by atoms with Crippen molar-refractivity contribution in [1.29, 1.82) is 0 Å². The number of rotatable bonds is 2. The molecule has 0 unspecified atom stereocenters. The number of nitrogens with zero attached hydrogens (tertiary/aromatic N) is 1. The van der Waals surface area contributed by atoms with Crippen molar-refractivity contribution in [2.45, 2.75) is 12.5 Å². The van der Waals surface area contributed by atoms with Gasteiger partial charge in [-0.1, -0.05) is 18.2 Å². The minimum Gasteiger partial charge on any atom is -0.488 e. The van der Waals surface area contributed by atoms with E-state index in [-0.39, 0.29) is 0 Å². The molecule has 0 aromatic heterocycles. The van der Waals surface area contributed by atoms with Crippen LogP contribution in [0.15, 0.2) is 24.3 Å². The first-order valence-corrected chi connectivity index (χ1v) is 4.65. The van der Waals surface area contributed by atoms with Gasteiger partial charge in [0.05, 0.1) is 0 Å². The standard InChI is InChI=1S/C11H15NO/c1-12(2)8-10-7-9-5-3-4-6-11(9)13-10/h3-6,10H,7-8H2,1-2H3/t10-/m0/s1. The monoisotopic (exact) mass is 177 g/mol. The molecule has 0 amide bonds. The Bertz CT molecular complexity index is 271. The molecule has 0 saturated carbocycles. The molecule has 13 heavy (non-hydrogen) atoms. The number of hydrogen-bond donors (Lipinski definition) is 0. The highest BCUT2D eigenvalue weighted by Gasteiger charge is 2.22. The van der Waals surface area contributed by atoms with Crippen LogP contribution in [0.4, 0.5) is 0 Å². The lowest BCUT2D eigenvalue weighted by atomic mass is 10.1. The average molecular weight is 177 g/mol. The van der Waals surface area contributed by atoms with Crippen LogP contribution in [0.1, 0.15) is 5.56 Å². The third-order valence-corrected chi connectivity index (χ3v) is 2.28. The van der Waals surface area contributed by atoms with Crippen molar-refractivity contribution in [1.82, 2.24) is 4.90 Å². The molecule has 1 atom stereocenters. The fourth-order valence-corrected chi connectivity index (χ4v) is 1.76. The Morgan fingerprint density at radius 1 is 1.38 bits per heavy atom. The Morgan fingerprint density at radius 2 is 2.15 bits per heavy atom. The van der Waals surface area contributed by atoms with Crippen molar-refractivity contribution in [3.05, 3.63) is 29.8 Å². The summed E-state index contributed by atoms with van der Waals surface area (Å²) >= 11 is 0. The van der Waals surface area contributed by atoms with E-state index < -0.39 is 0 Å². The molecule has 0 saturated heterocycles. The van der Waals surface area contributed by atoms with Crippen LogP contribution in [-0.2, 0) is 6.42 Å². The summed E-state index contributed by atoms with van der Waals surface area (Å²) in [5.41, 5.74) is 1.34. The molecule has 2 nitrogen and oxygen atoms in total. The summed E-state index contributed by atoms with van der Waals surface area (Å²) in [5, 5.41) is 0. The highest BCUT2D eigenvalue weighted by atomic mass is 16.5. The molecule has 1 aliphatic rings. The lowest BCUT2D eigenvalue weighted by molar-refractivity contribution is 0.184. The van der Waals surface area contributed by atoms with Crippen LogP contribution in [0.25, 0.3) is 0 Å². The van der Waals surface area contributed by atoms with Gasteiger partial charge in [0.2, 0.25) is 0 Å². The van der Waals surface area contributed by atoms with Crippen LogP contribution >= 0.6 is 0 Å². The second-order valence-electron chi connectivity index (χ2n) is 3.81. The smallest absolute Gasteiger partial charge is 0.123 e. The number of ether oxygens (including phenoxy) is 1. The predicted molar refractivity (Wildman–Crippen MR) is 53.1 cm³/mol. The molecule has 0 N–H and O–H groups in total. The Morgan fingerprint density at radius 3 is 2.85 bits per heavy atom. The molecule has 1 heterocycles. The molecule has 2 heteroatoms. The molecular weight excluding hydrogens is 162 g/mol.